The van der Waals surface area contributed by atoms with Crippen LogP contribution in [0.25, 0.3) is 10.8 Å². The summed E-state index contributed by atoms with van der Waals surface area (Å²) in [7, 11) is 1.79. The molecule has 21 heavy (non-hydrogen) atoms. The van der Waals surface area contributed by atoms with Crippen molar-refractivity contribution in [1.29, 1.82) is 0 Å². The van der Waals surface area contributed by atoms with Crippen LogP contribution >= 0.6 is 0 Å². The van der Waals surface area contributed by atoms with E-state index >= 15 is 0 Å². The minimum absolute atomic E-state index is 0.0696. The average molecular weight is 279 g/mol. The first-order chi connectivity index (χ1) is 10.1. The molecule has 2 aromatic carbocycles. The molecule has 0 unspecified atom stereocenters. The fourth-order valence-electron chi connectivity index (χ4n) is 2.42. The summed E-state index contributed by atoms with van der Waals surface area (Å²) in [5, 5.41) is 2.38. The van der Waals surface area contributed by atoms with Crippen LogP contribution in [0.1, 0.15) is 16.1 Å². The highest BCUT2D eigenvalue weighted by Gasteiger charge is 2.13. The quantitative estimate of drug-likeness (QED) is 0.774. The lowest BCUT2D eigenvalue weighted by Crippen LogP contribution is -2.26. The van der Waals surface area contributed by atoms with E-state index in [1.54, 1.807) is 24.2 Å². The Kier molecular flexibility index (Phi) is 3.36. The molecule has 0 bridgehead atoms. The smallest absolute Gasteiger partial charge is 0.270 e. The highest BCUT2D eigenvalue weighted by atomic mass is 16.2. The summed E-state index contributed by atoms with van der Waals surface area (Å²) in [6, 6.07) is 16.1. The fourth-order valence-corrected chi connectivity index (χ4v) is 2.42. The van der Waals surface area contributed by atoms with Crippen molar-refractivity contribution in [2.45, 2.75) is 6.54 Å². The fraction of sp³-hybridized carbons (Fsp3) is 0.118. The highest BCUT2D eigenvalue weighted by molar-refractivity contribution is 5.93. The number of rotatable bonds is 3. The third-order valence-electron chi connectivity index (χ3n) is 3.52. The molecule has 0 aliphatic carbocycles. The van der Waals surface area contributed by atoms with E-state index in [1.807, 2.05) is 12.1 Å². The van der Waals surface area contributed by atoms with Gasteiger partial charge in [-0.3, -0.25) is 4.79 Å². The van der Waals surface area contributed by atoms with E-state index in [2.05, 4.69) is 35.3 Å². The molecule has 3 N–H and O–H groups in total. The molecule has 3 aromatic rings. The number of carbonyl (C=O) groups excluding carboxylic acids is 1. The second kappa shape index (κ2) is 5.32. The van der Waals surface area contributed by atoms with Gasteiger partial charge in [0.05, 0.1) is 0 Å². The summed E-state index contributed by atoms with van der Waals surface area (Å²) in [4.78, 5) is 16.8. The van der Waals surface area contributed by atoms with E-state index in [4.69, 9.17) is 5.73 Å². The second-order valence-corrected chi connectivity index (χ2v) is 5.19. The number of hydrogen-bond donors (Lipinski definition) is 2. The first-order valence-corrected chi connectivity index (χ1v) is 6.80. The van der Waals surface area contributed by atoms with Gasteiger partial charge in [-0.25, -0.2) is 0 Å². The molecule has 4 nitrogen and oxygen atoms in total. The molecule has 1 heterocycles. The molecule has 4 heteroatoms. The van der Waals surface area contributed by atoms with E-state index < -0.39 is 0 Å². The molecular weight excluding hydrogens is 262 g/mol. The molecule has 106 valence electrons. The van der Waals surface area contributed by atoms with Crippen LogP contribution in [0.15, 0.2) is 54.7 Å². The average Bonchev–Trinajstić information content (AvgIpc) is 2.93. The Morgan fingerprint density at radius 2 is 1.90 bits per heavy atom. The van der Waals surface area contributed by atoms with Crippen molar-refractivity contribution < 1.29 is 4.79 Å². The van der Waals surface area contributed by atoms with Crippen molar-refractivity contribution in [2.24, 2.45) is 0 Å². The number of benzene rings is 2. The molecular formula is C17H17N3O. The van der Waals surface area contributed by atoms with Gasteiger partial charge < -0.3 is 15.6 Å². The maximum absolute atomic E-state index is 12.3. The van der Waals surface area contributed by atoms with Gasteiger partial charge in [-0.1, -0.05) is 36.4 Å². The molecule has 0 saturated heterocycles. The minimum atomic E-state index is -0.0696. The van der Waals surface area contributed by atoms with Gasteiger partial charge in [0.1, 0.15) is 5.69 Å². The summed E-state index contributed by atoms with van der Waals surface area (Å²) in [6.45, 7) is 0.558. The normalized spacial score (nSPS) is 10.7. The summed E-state index contributed by atoms with van der Waals surface area (Å²) in [5.41, 5.74) is 7.81. The molecule has 1 amide bonds. The van der Waals surface area contributed by atoms with Gasteiger partial charge in [0.2, 0.25) is 0 Å². The molecule has 1 aromatic heterocycles. The van der Waals surface area contributed by atoms with Crippen LogP contribution in [0.5, 0.6) is 0 Å². The first-order valence-electron chi connectivity index (χ1n) is 6.80. The molecule has 0 aliphatic rings. The van der Waals surface area contributed by atoms with Gasteiger partial charge in [-0.2, -0.15) is 0 Å². The SMILES string of the molecule is CN(Cc1ccc2ccccc2c1)C(=O)c1cc(N)c[nH]1. The number of amides is 1. The predicted octanol–water partition coefficient (Wildman–Crippen LogP) is 3.02. The van der Waals surface area contributed by atoms with Crippen LogP contribution in [-0.4, -0.2) is 22.8 Å². The standard InChI is InChI=1S/C17H17N3O/c1-20(17(21)16-9-15(18)10-19-16)11-12-6-7-13-4-2-3-5-14(13)8-12/h2-10,19H,11,18H2,1H3. The van der Waals surface area contributed by atoms with Crippen LogP contribution in [-0.2, 0) is 6.54 Å². The van der Waals surface area contributed by atoms with Crippen molar-refractivity contribution in [1.82, 2.24) is 9.88 Å². The van der Waals surface area contributed by atoms with Crippen molar-refractivity contribution in [3.05, 3.63) is 66.0 Å². The Labute approximate surface area is 123 Å². The monoisotopic (exact) mass is 279 g/mol. The lowest BCUT2D eigenvalue weighted by atomic mass is 10.1. The highest BCUT2D eigenvalue weighted by Crippen LogP contribution is 2.17. The zero-order valence-electron chi connectivity index (χ0n) is 11.8. The van der Waals surface area contributed by atoms with Gasteiger partial charge >= 0.3 is 0 Å². The zero-order chi connectivity index (χ0) is 14.8. The Bertz CT molecular complexity index is 791. The molecule has 0 fully saturated rings. The predicted molar refractivity (Wildman–Crippen MR) is 85.0 cm³/mol. The topological polar surface area (TPSA) is 62.1 Å². The van der Waals surface area contributed by atoms with E-state index in [0.29, 0.717) is 17.9 Å². The van der Waals surface area contributed by atoms with Gasteiger partial charge in [-0.15, -0.1) is 0 Å². The molecule has 3 rings (SSSR count). The van der Waals surface area contributed by atoms with Gasteiger partial charge in [0, 0.05) is 25.5 Å². The Morgan fingerprint density at radius 3 is 2.62 bits per heavy atom. The minimum Gasteiger partial charge on any atom is -0.397 e. The van der Waals surface area contributed by atoms with Crippen LogP contribution in [0.4, 0.5) is 5.69 Å². The summed E-state index contributed by atoms with van der Waals surface area (Å²) >= 11 is 0. The van der Waals surface area contributed by atoms with Crippen LogP contribution in [0.3, 0.4) is 0 Å². The Hall–Kier alpha value is -2.75. The zero-order valence-corrected chi connectivity index (χ0v) is 11.8. The van der Waals surface area contributed by atoms with E-state index in [9.17, 15) is 4.79 Å². The summed E-state index contributed by atoms with van der Waals surface area (Å²) < 4.78 is 0. The number of aromatic nitrogens is 1. The number of aromatic amines is 1. The lowest BCUT2D eigenvalue weighted by Gasteiger charge is -2.16. The maximum Gasteiger partial charge on any atom is 0.270 e. The maximum atomic E-state index is 12.3. The van der Waals surface area contributed by atoms with Crippen LogP contribution in [0.2, 0.25) is 0 Å². The van der Waals surface area contributed by atoms with Crippen molar-refractivity contribution in [3.63, 3.8) is 0 Å². The number of nitrogen functional groups attached to an aromatic ring is 1. The Morgan fingerprint density at radius 1 is 1.14 bits per heavy atom. The molecule has 0 atom stereocenters. The summed E-state index contributed by atoms with van der Waals surface area (Å²) in [6.07, 6.45) is 1.62. The molecule has 0 aliphatic heterocycles. The first kappa shape index (κ1) is 13.2. The third kappa shape index (κ3) is 2.74. The van der Waals surface area contributed by atoms with Crippen molar-refractivity contribution >= 4 is 22.4 Å². The summed E-state index contributed by atoms with van der Waals surface area (Å²) in [5.74, 6) is -0.0696. The number of fused-ring (bicyclic) bond motifs is 1. The Balaban J connectivity index is 1.79. The molecule has 0 spiro atoms. The second-order valence-electron chi connectivity index (χ2n) is 5.19. The number of carbonyl (C=O) groups is 1. The van der Waals surface area contributed by atoms with Crippen molar-refractivity contribution in [2.75, 3.05) is 12.8 Å². The molecule has 0 saturated carbocycles. The van der Waals surface area contributed by atoms with Gasteiger partial charge in [-0.05, 0) is 28.5 Å². The van der Waals surface area contributed by atoms with E-state index in [-0.39, 0.29) is 5.91 Å². The van der Waals surface area contributed by atoms with Crippen LogP contribution < -0.4 is 5.73 Å². The number of nitrogens with zero attached hydrogens (tertiary/aromatic N) is 1. The van der Waals surface area contributed by atoms with E-state index in [0.717, 1.165) is 5.56 Å². The number of hydrogen-bond acceptors (Lipinski definition) is 2. The van der Waals surface area contributed by atoms with Gasteiger partial charge in [0.15, 0.2) is 0 Å². The number of H-pyrrole nitrogens is 1. The van der Waals surface area contributed by atoms with E-state index in [1.165, 1.54) is 10.8 Å². The largest absolute Gasteiger partial charge is 0.397 e. The van der Waals surface area contributed by atoms with Crippen molar-refractivity contribution in [3.8, 4) is 0 Å². The third-order valence-corrected chi connectivity index (χ3v) is 3.52. The number of anilines is 1. The van der Waals surface area contributed by atoms with Crippen LogP contribution in [0, 0.1) is 0 Å². The number of nitrogens with one attached hydrogen (secondary N) is 1. The lowest BCUT2D eigenvalue weighted by molar-refractivity contribution is 0.0780. The number of nitrogens with two attached hydrogens (primary N) is 1. The molecule has 0 radical (unpaired) electrons. The van der Waals surface area contributed by atoms with Gasteiger partial charge in [0.25, 0.3) is 5.91 Å².